The minimum atomic E-state index is -0.788. The lowest BCUT2D eigenvalue weighted by Gasteiger charge is -2.33. The molecule has 0 radical (unpaired) electrons. The van der Waals surface area contributed by atoms with Crippen LogP contribution in [-0.4, -0.2) is 16.1 Å². The van der Waals surface area contributed by atoms with Crippen molar-refractivity contribution in [2.75, 3.05) is 0 Å². The molecule has 1 aromatic heterocycles. The highest BCUT2D eigenvalue weighted by atomic mass is 32.1. The van der Waals surface area contributed by atoms with Crippen LogP contribution in [-0.2, 0) is 24.1 Å². The highest BCUT2D eigenvalue weighted by Crippen LogP contribution is 2.39. The average Bonchev–Trinajstić information content (AvgIpc) is 2.55. The van der Waals surface area contributed by atoms with Crippen LogP contribution in [0, 0.1) is 11.3 Å². The molecule has 1 heterocycles. The van der Waals surface area contributed by atoms with E-state index in [1.165, 1.54) is 11.3 Å². The van der Waals surface area contributed by atoms with Gasteiger partial charge in [-0.3, -0.25) is 4.79 Å². The van der Waals surface area contributed by atoms with Crippen LogP contribution in [0.1, 0.15) is 42.8 Å². The molecule has 1 aliphatic carbocycles. The Hall–Kier alpha value is -0.900. The Morgan fingerprint density at radius 3 is 2.82 bits per heavy atom. The van der Waals surface area contributed by atoms with Crippen molar-refractivity contribution in [2.24, 2.45) is 11.3 Å². The Morgan fingerprint density at radius 1 is 1.53 bits per heavy atom. The summed E-state index contributed by atoms with van der Waals surface area (Å²) >= 11 is 1.59. The third kappa shape index (κ3) is 2.86. The first-order valence-electron chi connectivity index (χ1n) is 6.05. The Bertz CT molecular complexity index is 431. The number of hydrogen-bond donors (Lipinski definition) is 1. The number of aryl methyl sites for hydroxylation is 1. The van der Waals surface area contributed by atoms with Crippen LogP contribution in [0.25, 0.3) is 0 Å². The highest BCUT2D eigenvalue weighted by molar-refractivity contribution is 7.11. The van der Waals surface area contributed by atoms with Crippen molar-refractivity contribution in [3.63, 3.8) is 0 Å². The van der Waals surface area contributed by atoms with Gasteiger partial charge in [0.05, 0.1) is 12.1 Å². The van der Waals surface area contributed by atoms with Crippen LogP contribution in [0.5, 0.6) is 0 Å². The maximum Gasteiger partial charge on any atom is 0.310 e. The van der Waals surface area contributed by atoms with Gasteiger partial charge in [0.25, 0.3) is 0 Å². The van der Waals surface area contributed by atoms with E-state index in [0.29, 0.717) is 11.3 Å². The summed E-state index contributed by atoms with van der Waals surface area (Å²) < 4.78 is 0. The van der Waals surface area contributed by atoms with E-state index in [-0.39, 0.29) is 6.42 Å². The predicted molar refractivity (Wildman–Crippen MR) is 68.4 cm³/mol. The van der Waals surface area contributed by atoms with Gasteiger partial charge in [0.2, 0.25) is 0 Å². The molecular weight excluding hydrogens is 234 g/mol. The molecule has 0 amide bonds. The van der Waals surface area contributed by atoms with Gasteiger partial charge in [-0.25, -0.2) is 4.98 Å². The molecule has 1 aromatic rings. The third-order valence-electron chi connectivity index (χ3n) is 3.51. The van der Waals surface area contributed by atoms with E-state index in [0.717, 1.165) is 23.5 Å². The standard InChI is InChI=1S/C13H19NO2S/c1-13(2,3)8-4-5-9-10(6-8)17-11(14-9)7-12(15)16/h8H,4-7H2,1-3H3,(H,15,16). The van der Waals surface area contributed by atoms with Crippen molar-refractivity contribution in [2.45, 2.75) is 46.5 Å². The molecule has 0 spiro atoms. The topological polar surface area (TPSA) is 50.2 Å². The summed E-state index contributed by atoms with van der Waals surface area (Å²) in [6.45, 7) is 6.84. The van der Waals surface area contributed by atoms with E-state index < -0.39 is 5.97 Å². The second-order valence-electron chi connectivity index (χ2n) is 5.85. The van der Waals surface area contributed by atoms with Gasteiger partial charge in [-0.15, -0.1) is 11.3 Å². The maximum atomic E-state index is 10.7. The number of fused-ring (bicyclic) bond motifs is 1. The van der Waals surface area contributed by atoms with Crippen LogP contribution in [0.2, 0.25) is 0 Å². The SMILES string of the molecule is CC(C)(C)C1CCc2nc(CC(=O)O)sc2C1. The van der Waals surface area contributed by atoms with Gasteiger partial charge < -0.3 is 5.11 Å². The number of carboxylic acids is 1. The first-order valence-corrected chi connectivity index (χ1v) is 6.87. The third-order valence-corrected chi connectivity index (χ3v) is 4.63. The van der Waals surface area contributed by atoms with Crippen LogP contribution in [0.4, 0.5) is 0 Å². The Morgan fingerprint density at radius 2 is 2.24 bits per heavy atom. The van der Waals surface area contributed by atoms with E-state index in [2.05, 4.69) is 25.8 Å². The van der Waals surface area contributed by atoms with Gasteiger partial charge in [0.1, 0.15) is 5.01 Å². The lowest BCUT2D eigenvalue weighted by atomic mass is 9.73. The van der Waals surface area contributed by atoms with Gasteiger partial charge in [0, 0.05) is 4.88 Å². The van der Waals surface area contributed by atoms with E-state index in [4.69, 9.17) is 5.11 Å². The normalized spacial score (nSPS) is 20.1. The number of hydrogen-bond acceptors (Lipinski definition) is 3. The molecule has 0 saturated heterocycles. The van der Waals surface area contributed by atoms with Crippen molar-refractivity contribution >= 4 is 17.3 Å². The largest absolute Gasteiger partial charge is 0.481 e. The fraction of sp³-hybridized carbons (Fsp3) is 0.692. The molecule has 0 saturated carbocycles. The quantitative estimate of drug-likeness (QED) is 0.881. The number of carboxylic acid groups (broad SMARTS) is 1. The summed E-state index contributed by atoms with van der Waals surface area (Å²) in [6, 6.07) is 0. The fourth-order valence-electron chi connectivity index (χ4n) is 2.37. The van der Waals surface area contributed by atoms with E-state index in [1.54, 1.807) is 11.3 Å². The zero-order chi connectivity index (χ0) is 12.6. The summed E-state index contributed by atoms with van der Waals surface area (Å²) in [5.74, 6) is -0.100. The number of carbonyl (C=O) groups is 1. The molecule has 17 heavy (non-hydrogen) atoms. The zero-order valence-corrected chi connectivity index (χ0v) is 11.4. The molecule has 1 unspecified atom stereocenters. The summed E-state index contributed by atoms with van der Waals surface area (Å²) in [6.07, 6.45) is 3.31. The van der Waals surface area contributed by atoms with E-state index in [1.807, 2.05) is 0 Å². The monoisotopic (exact) mass is 253 g/mol. The summed E-state index contributed by atoms with van der Waals surface area (Å²) in [7, 11) is 0. The molecule has 0 aliphatic heterocycles. The number of aliphatic carboxylic acids is 1. The molecule has 1 aliphatic rings. The molecule has 0 fully saturated rings. The first-order chi connectivity index (χ1) is 7.86. The molecule has 2 rings (SSSR count). The second-order valence-corrected chi connectivity index (χ2v) is 7.02. The molecule has 0 aromatic carbocycles. The number of thiazole rings is 1. The predicted octanol–water partition coefficient (Wildman–Crippen LogP) is 2.92. The Balaban J connectivity index is 2.15. The molecule has 0 bridgehead atoms. The summed E-state index contributed by atoms with van der Waals surface area (Å²) in [4.78, 5) is 16.4. The summed E-state index contributed by atoms with van der Waals surface area (Å²) in [5.41, 5.74) is 1.47. The molecule has 4 heteroatoms. The van der Waals surface area contributed by atoms with E-state index >= 15 is 0 Å². The molecule has 94 valence electrons. The second kappa shape index (κ2) is 4.41. The molecular formula is C13H19NO2S. The molecule has 1 N–H and O–H groups in total. The van der Waals surface area contributed by atoms with Gasteiger partial charge in [-0.1, -0.05) is 20.8 Å². The molecule has 3 nitrogen and oxygen atoms in total. The lowest BCUT2D eigenvalue weighted by molar-refractivity contribution is -0.136. The maximum absolute atomic E-state index is 10.7. The number of aromatic nitrogens is 1. The van der Waals surface area contributed by atoms with Gasteiger partial charge in [-0.2, -0.15) is 0 Å². The smallest absolute Gasteiger partial charge is 0.310 e. The average molecular weight is 253 g/mol. The lowest BCUT2D eigenvalue weighted by Crippen LogP contribution is -2.26. The highest BCUT2D eigenvalue weighted by Gasteiger charge is 2.30. The van der Waals surface area contributed by atoms with Crippen LogP contribution in [0.15, 0.2) is 0 Å². The van der Waals surface area contributed by atoms with Crippen molar-refractivity contribution in [3.8, 4) is 0 Å². The molecule has 1 atom stereocenters. The van der Waals surface area contributed by atoms with Gasteiger partial charge in [0.15, 0.2) is 0 Å². The Kier molecular flexibility index (Phi) is 3.25. The number of nitrogens with zero attached hydrogens (tertiary/aromatic N) is 1. The first kappa shape index (κ1) is 12.6. The Labute approximate surface area is 106 Å². The summed E-state index contributed by atoms with van der Waals surface area (Å²) in [5, 5.41) is 9.54. The van der Waals surface area contributed by atoms with E-state index in [9.17, 15) is 4.79 Å². The van der Waals surface area contributed by atoms with Gasteiger partial charge in [-0.05, 0) is 30.6 Å². The minimum absolute atomic E-state index is 0.0673. The van der Waals surface area contributed by atoms with Crippen LogP contribution < -0.4 is 0 Å². The van der Waals surface area contributed by atoms with Crippen molar-refractivity contribution in [1.29, 1.82) is 0 Å². The van der Waals surface area contributed by atoms with Crippen LogP contribution >= 0.6 is 11.3 Å². The van der Waals surface area contributed by atoms with Crippen molar-refractivity contribution < 1.29 is 9.90 Å². The number of rotatable bonds is 2. The minimum Gasteiger partial charge on any atom is -0.481 e. The van der Waals surface area contributed by atoms with Crippen molar-refractivity contribution in [1.82, 2.24) is 4.98 Å². The fourth-order valence-corrected chi connectivity index (χ4v) is 3.56. The zero-order valence-electron chi connectivity index (χ0n) is 10.6. The van der Waals surface area contributed by atoms with Crippen LogP contribution in [0.3, 0.4) is 0 Å². The van der Waals surface area contributed by atoms with Gasteiger partial charge >= 0.3 is 5.97 Å². The van der Waals surface area contributed by atoms with Crippen molar-refractivity contribution in [3.05, 3.63) is 15.6 Å².